The quantitative estimate of drug-likeness (QED) is 0.725. The molecule has 1 aromatic carbocycles. The molecule has 2 N–H and O–H groups in total. The van der Waals surface area contributed by atoms with Crippen molar-refractivity contribution < 1.29 is 4.74 Å². The highest BCUT2D eigenvalue weighted by molar-refractivity contribution is 6.30. The molecule has 1 unspecified atom stereocenters. The molecule has 0 aliphatic carbocycles. The molecular formula is C17H28ClNO. The maximum Gasteiger partial charge on any atom is 0.126 e. The fourth-order valence-electron chi connectivity index (χ4n) is 2.62. The Morgan fingerprint density at radius 3 is 2.35 bits per heavy atom. The van der Waals surface area contributed by atoms with Gasteiger partial charge in [-0.2, -0.15) is 0 Å². The molecule has 0 spiro atoms. The molecule has 1 aromatic rings. The summed E-state index contributed by atoms with van der Waals surface area (Å²) in [6.45, 7) is 10.0. The molecule has 0 fully saturated rings. The highest BCUT2D eigenvalue weighted by atomic mass is 35.5. The van der Waals surface area contributed by atoms with E-state index in [1.807, 2.05) is 13.0 Å². The number of benzene rings is 1. The first-order chi connectivity index (χ1) is 9.54. The van der Waals surface area contributed by atoms with Gasteiger partial charge in [0.05, 0.1) is 6.61 Å². The summed E-state index contributed by atoms with van der Waals surface area (Å²) in [5, 5.41) is 0.804. The maximum absolute atomic E-state index is 6.32. The third-order valence-electron chi connectivity index (χ3n) is 3.71. The van der Waals surface area contributed by atoms with Crippen LogP contribution >= 0.6 is 11.6 Å². The summed E-state index contributed by atoms with van der Waals surface area (Å²) in [4.78, 5) is 0. The summed E-state index contributed by atoms with van der Waals surface area (Å²) in [5.41, 5.74) is 8.11. The van der Waals surface area contributed by atoms with E-state index in [0.29, 0.717) is 18.4 Å². The summed E-state index contributed by atoms with van der Waals surface area (Å²) in [5.74, 6) is 1.91. The van der Waals surface area contributed by atoms with Crippen LogP contribution in [0, 0.1) is 0 Å². The fourth-order valence-corrected chi connectivity index (χ4v) is 2.86. The van der Waals surface area contributed by atoms with Crippen molar-refractivity contribution in [3.63, 3.8) is 0 Å². The average molecular weight is 298 g/mol. The molecule has 0 radical (unpaired) electrons. The van der Waals surface area contributed by atoms with Gasteiger partial charge in [0.15, 0.2) is 0 Å². The predicted molar refractivity (Wildman–Crippen MR) is 88.0 cm³/mol. The number of ether oxygens (including phenoxy) is 1. The summed E-state index contributed by atoms with van der Waals surface area (Å²) in [6, 6.07) is 4.11. The van der Waals surface area contributed by atoms with Crippen LogP contribution in [-0.4, -0.2) is 13.2 Å². The standard InChI is InChI=1S/C17H28ClNO/c1-5-13(8-7-9-19)16-11-14(18)10-15(12(3)4)17(16)20-6-2/h10-13H,5-9,19H2,1-4H3. The molecule has 114 valence electrons. The smallest absolute Gasteiger partial charge is 0.126 e. The zero-order valence-corrected chi connectivity index (χ0v) is 14.0. The van der Waals surface area contributed by atoms with E-state index in [1.54, 1.807) is 0 Å². The molecule has 0 heterocycles. The van der Waals surface area contributed by atoms with Crippen molar-refractivity contribution in [2.75, 3.05) is 13.2 Å². The van der Waals surface area contributed by atoms with Crippen LogP contribution in [0.2, 0.25) is 5.02 Å². The summed E-state index contributed by atoms with van der Waals surface area (Å²) in [6.07, 6.45) is 3.20. The van der Waals surface area contributed by atoms with Crippen molar-refractivity contribution >= 4 is 11.6 Å². The lowest BCUT2D eigenvalue weighted by molar-refractivity contribution is 0.327. The second kappa shape index (κ2) is 8.53. The van der Waals surface area contributed by atoms with Gasteiger partial charge < -0.3 is 10.5 Å². The summed E-state index contributed by atoms with van der Waals surface area (Å²) < 4.78 is 5.96. The SMILES string of the molecule is CCOc1c(C(C)C)cc(Cl)cc1C(CC)CCCN. The van der Waals surface area contributed by atoms with E-state index in [1.165, 1.54) is 11.1 Å². The first kappa shape index (κ1) is 17.3. The summed E-state index contributed by atoms with van der Waals surface area (Å²) >= 11 is 6.32. The largest absolute Gasteiger partial charge is 0.493 e. The highest BCUT2D eigenvalue weighted by Crippen LogP contribution is 2.40. The van der Waals surface area contributed by atoms with E-state index in [2.05, 4.69) is 26.8 Å². The van der Waals surface area contributed by atoms with Crippen molar-refractivity contribution in [3.05, 3.63) is 28.3 Å². The van der Waals surface area contributed by atoms with E-state index >= 15 is 0 Å². The van der Waals surface area contributed by atoms with Crippen LogP contribution in [0.25, 0.3) is 0 Å². The fraction of sp³-hybridized carbons (Fsp3) is 0.647. The number of rotatable bonds is 8. The van der Waals surface area contributed by atoms with Gasteiger partial charge in [0.25, 0.3) is 0 Å². The number of nitrogens with two attached hydrogens (primary N) is 1. The first-order valence-electron chi connectivity index (χ1n) is 7.71. The van der Waals surface area contributed by atoms with E-state index in [4.69, 9.17) is 22.1 Å². The molecule has 0 aliphatic rings. The third kappa shape index (κ3) is 4.39. The summed E-state index contributed by atoms with van der Waals surface area (Å²) in [7, 11) is 0. The van der Waals surface area contributed by atoms with E-state index in [9.17, 15) is 0 Å². The van der Waals surface area contributed by atoms with Gasteiger partial charge in [-0.25, -0.2) is 0 Å². The van der Waals surface area contributed by atoms with Crippen molar-refractivity contribution in [1.29, 1.82) is 0 Å². The first-order valence-corrected chi connectivity index (χ1v) is 8.09. The van der Waals surface area contributed by atoms with Crippen LogP contribution < -0.4 is 10.5 Å². The molecule has 1 rings (SSSR count). The van der Waals surface area contributed by atoms with Gasteiger partial charge in [-0.1, -0.05) is 32.4 Å². The van der Waals surface area contributed by atoms with Gasteiger partial charge in [0.1, 0.15) is 5.75 Å². The second-order valence-electron chi connectivity index (χ2n) is 5.54. The van der Waals surface area contributed by atoms with Gasteiger partial charge in [-0.15, -0.1) is 0 Å². The lowest BCUT2D eigenvalue weighted by atomic mass is 9.87. The predicted octanol–water partition coefficient (Wildman–Crippen LogP) is 5.09. The van der Waals surface area contributed by atoms with Gasteiger partial charge >= 0.3 is 0 Å². The van der Waals surface area contributed by atoms with Crippen molar-refractivity contribution in [2.24, 2.45) is 5.73 Å². The number of halogens is 1. The second-order valence-corrected chi connectivity index (χ2v) is 5.97. The molecule has 1 atom stereocenters. The van der Waals surface area contributed by atoms with E-state index < -0.39 is 0 Å². The Hall–Kier alpha value is -0.730. The molecular weight excluding hydrogens is 270 g/mol. The van der Waals surface area contributed by atoms with E-state index in [-0.39, 0.29) is 0 Å². The Kier molecular flexibility index (Phi) is 7.39. The van der Waals surface area contributed by atoms with Gasteiger partial charge in [0, 0.05) is 5.02 Å². The van der Waals surface area contributed by atoms with Crippen LogP contribution in [-0.2, 0) is 0 Å². The minimum atomic E-state index is 0.404. The van der Waals surface area contributed by atoms with Gasteiger partial charge in [-0.05, 0) is 67.8 Å². The Morgan fingerprint density at radius 1 is 1.20 bits per heavy atom. The van der Waals surface area contributed by atoms with Crippen molar-refractivity contribution in [2.45, 2.75) is 58.8 Å². The minimum absolute atomic E-state index is 0.404. The van der Waals surface area contributed by atoms with E-state index in [0.717, 1.165) is 36.6 Å². The third-order valence-corrected chi connectivity index (χ3v) is 3.93. The average Bonchev–Trinajstić information content (AvgIpc) is 2.41. The van der Waals surface area contributed by atoms with Crippen LogP contribution in [0.15, 0.2) is 12.1 Å². The van der Waals surface area contributed by atoms with Crippen LogP contribution in [0.5, 0.6) is 5.75 Å². The van der Waals surface area contributed by atoms with Gasteiger partial charge in [-0.3, -0.25) is 0 Å². The Labute approximate surface area is 128 Å². The lowest BCUT2D eigenvalue weighted by Gasteiger charge is -2.23. The number of hydrogen-bond acceptors (Lipinski definition) is 2. The molecule has 0 aliphatic heterocycles. The molecule has 0 amide bonds. The Balaban J connectivity index is 3.26. The zero-order valence-electron chi connectivity index (χ0n) is 13.2. The minimum Gasteiger partial charge on any atom is -0.493 e. The molecule has 0 bridgehead atoms. The van der Waals surface area contributed by atoms with Gasteiger partial charge in [0.2, 0.25) is 0 Å². The lowest BCUT2D eigenvalue weighted by Crippen LogP contribution is -2.08. The Morgan fingerprint density at radius 2 is 1.85 bits per heavy atom. The normalized spacial score (nSPS) is 12.8. The van der Waals surface area contributed by atoms with Crippen LogP contribution in [0.1, 0.15) is 69.9 Å². The monoisotopic (exact) mass is 297 g/mol. The molecule has 20 heavy (non-hydrogen) atoms. The molecule has 0 saturated heterocycles. The molecule has 0 saturated carbocycles. The zero-order chi connectivity index (χ0) is 15.1. The highest BCUT2D eigenvalue weighted by Gasteiger charge is 2.20. The van der Waals surface area contributed by atoms with Crippen molar-refractivity contribution in [1.82, 2.24) is 0 Å². The Bertz CT molecular complexity index is 418. The topological polar surface area (TPSA) is 35.2 Å². The number of hydrogen-bond donors (Lipinski definition) is 1. The molecule has 0 aromatic heterocycles. The van der Waals surface area contributed by atoms with Crippen molar-refractivity contribution in [3.8, 4) is 5.75 Å². The van der Waals surface area contributed by atoms with Crippen LogP contribution in [0.3, 0.4) is 0 Å². The molecule has 3 heteroatoms. The maximum atomic E-state index is 6.32. The van der Waals surface area contributed by atoms with Crippen LogP contribution in [0.4, 0.5) is 0 Å². The molecule has 2 nitrogen and oxygen atoms in total.